The number of H-pyrrole nitrogens is 1. The fraction of sp³-hybridized carbons (Fsp3) is 0.453. The minimum absolute atomic E-state index is 0.0259. The number of carbonyl (C=O) groups is 4. The lowest BCUT2D eigenvalue weighted by Gasteiger charge is -2.51. The molecular formula is C53H62FN9O6. The average molecular weight is 940 g/mol. The number of nitrogens with zero attached hydrogens (tertiary/aromatic N) is 7. The van der Waals surface area contributed by atoms with Gasteiger partial charge in [-0.2, -0.15) is 5.10 Å². The molecule has 2 bridgehead atoms. The molecule has 2 N–H and O–H groups in total. The van der Waals surface area contributed by atoms with Crippen molar-refractivity contribution in [1.82, 2.24) is 39.7 Å². The van der Waals surface area contributed by atoms with E-state index in [1.165, 1.54) is 11.6 Å². The normalized spacial score (nSPS) is 20.0. The van der Waals surface area contributed by atoms with Crippen LogP contribution < -0.4 is 10.9 Å². The van der Waals surface area contributed by atoms with Crippen molar-refractivity contribution in [2.24, 2.45) is 11.8 Å². The fourth-order valence-corrected chi connectivity index (χ4v) is 10.5. The van der Waals surface area contributed by atoms with E-state index in [0.717, 1.165) is 69.5 Å². The lowest BCUT2D eigenvalue weighted by atomic mass is 9.71. The van der Waals surface area contributed by atoms with Crippen LogP contribution in [0, 0.1) is 17.7 Å². The van der Waals surface area contributed by atoms with Gasteiger partial charge in [0.25, 0.3) is 17.4 Å². The summed E-state index contributed by atoms with van der Waals surface area (Å²) in [6.45, 7) is 14.0. The highest BCUT2D eigenvalue weighted by Crippen LogP contribution is 2.41. The van der Waals surface area contributed by atoms with Crippen molar-refractivity contribution in [2.75, 3.05) is 77.3 Å². The standard InChI is InChI=1S/C53H62FN9O6/c1-5-34-9-8-10-36(25-34)38-29-46(56-52(68)69-53(2,3)4)48(55-30-38)51(67)63-32-37-14-15-40(63)28-39(37)31-59-17-19-60(20-18-59)33-47(64)61-21-23-62(24-22-61)50(66)43-26-35(13-16-44(43)54)27-45-41-11-6-7-12-42(41)49(65)58-57-45/h6-13,16,25-26,29-30,37,39-40H,5,14-15,17-24,27-28,31-33H2,1-4H3,(H,56,68)(H,58,65). The van der Waals surface area contributed by atoms with Crippen LogP contribution in [-0.2, 0) is 22.4 Å². The van der Waals surface area contributed by atoms with Crippen LogP contribution in [0.25, 0.3) is 21.9 Å². The van der Waals surface area contributed by atoms with Gasteiger partial charge in [0.05, 0.1) is 28.9 Å². The third-order valence-corrected chi connectivity index (χ3v) is 14.3. The van der Waals surface area contributed by atoms with Gasteiger partial charge in [-0.25, -0.2) is 19.3 Å². The Morgan fingerprint density at radius 3 is 2.28 bits per heavy atom. The van der Waals surface area contributed by atoms with Gasteiger partial charge in [-0.15, -0.1) is 0 Å². The lowest BCUT2D eigenvalue weighted by Crippen LogP contribution is -2.58. The van der Waals surface area contributed by atoms with Crippen molar-refractivity contribution in [3.05, 3.63) is 123 Å². The molecule has 0 radical (unpaired) electrons. The van der Waals surface area contributed by atoms with E-state index in [0.29, 0.717) is 85.2 Å². The number of anilines is 1. The number of pyridine rings is 1. The molecule has 5 aliphatic rings. The van der Waals surface area contributed by atoms with E-state index < -0.39 is 23.4 Å². The lowest BCUT2D eigenvalue weighted by molar-refractivity contribution is -0.134. The number of carbonyl (C=O) groups excluding carboxylic acids is 4. The predicted octanol–water partition coefficient (Wildman–Crippen LogP) is 6.47. The molecule has 6 heterocycles. The van der Waals surface area contributed by atoms with Crippen molar-refractivity contribution in [3.8, 4) is 11.1 Å². The number of fused-ring (bicyclic) bond motifs is 4. The highest BCUT2D eigenvalue weighted by molar-refractivity contribution is 6.02. The number of halogens is 1. The SMILES string of the molecule is CCc1cccc(-c2cnc(C(=O)N3CC4CCC3CC4CN3CCN(CC(=O)N4CCN(C(=O)c5cc(Cc6n[nH]c(=O)c7ccccc67)ccc5F)CC4)CC3)c(NC(=O)OC(C)(C)C)c2)c1. The maximum Gasteiger partial charge on any atom is 0.412 e. The van der Waals surface area contributed by atoms with Crippen LogP contribution in [0.3, 0.4) is 0 Å². The minimum Gasteiger partial charge on any atom is -0.444 e. The number of aryl methyl sites for hydroxylation is 1. The van der Waals surface area contributed by atoms with Crippen molar-refractivity contribution in [3.63, 3.8) is 0 Å². The number of hydrogen-bond donors (Lipinski definition) is 2. The van der Waals surface area contributed by atoms with Gasteiger partial charge >= 0.3 is 6.09 Å². The molecule has 3 aromatic carbocycles. The van der Waals surface area contributed by atoms with Crippen molar-refractivity contribution >= 4 is 40.3 Å². The van der Waals surface area contributed by atoms with Gasteiger partial charge in [-0.05, 0) is 99.2 Å². The first-order valence-corrected chi connectivity index (χ1v) is 24.4. The monoisotopic (exact) mass is 939 g/mol. The molecule has 4 saturated heterocycles. The molecule has 1 saturated carbocycles. The first kappa shape index (κ1) is 47.5. The molecule has 10 rings (SSSR count). The third kappa shape index (κ3) is 10.9. The Kier molecular flexibility index (Phi) is 13.9. The van der Waals surface area contributed by atoms with Crippen LogP contribution >= 0.6 is 0 Å². The van der Waals surface area contributed by atoms with Crippen LogP contribution in [0.15, 0.2) is 83.8 Å². The van der Waals surface area contributed by atoms with Gasteiger partial charge in [0, 0.05) is 95.1 Å². The molecule has 2 aromatic heterocycles. The summed E-state index contributed by atoms with van der Waals surface area (Å²) >= 11 is 0. The number of aromatic nitrogens is 3. The first-order chi connectivity index (χ1) is 33.2. The second-order valence-corrected chi connectivity index (χ2v) is 20.0. The molecular weight excluding hydrogens is 878 g/mol. The molecule has 362 valence electrons. The highest BCUT2D eigenvalue weighted by atomic mass is 19.1. The van der Waals surface area contributed by atoms with E-state index >= 15 is 4.39 Å². The summed E-state index contributed by atoms with van der Waals surface area (Å²) in [5.74, 6) is -0.381. The largest absolute Gasteiger partial charge is 0.444 e. The predicted molar refractivity (Wildman–Crippen MR) is 261 cm³/mol. The topological polar surface area (TPSA) is 164 Å². The molecule has 5 aromatic rings. The van der Waals surface area contributed by atoms with E-state index in [2.05, 4.69) is 44.4 Å². The third-order valence-electron chi connectivity index (χ3n) is 14.3. The number of hydrogen-bond acceptors (Lipinski definition) is 10. The summed E-state index contributed by atoms with van der Waals surface area (Å²) in [6.07, 6.45) is 5.17. The number of benzene rings is 3. The minimum atomic E-state index is -0.715. The number of nitrogens with one attached hydrogen (secondary N) is 2. The first-order valence-electron chi connectivity index (χ1n) is 24.4. The van der Waals surface area contributed by atoms with Gasteiger partial charge in [-0.3, -0.25) is 29.4 Å². The highest BCUT2D eigenvalue weighted by Gasteiger charge is 2.44. The Balaban J connectivity index is 0.748. The molecule has 3 atom stereocenters. The Labute approximate surface area is 402 Å². The van der Waals surface area contributed by atoms with E-state index in [1.54, 1.807) is 61.0 Å². The van der Waals surface area contributed by atoms with E-state index in [-0.39, 0.29) is 34.7 Å². The van der Waals surface area contributed by atoms with Crippen molar-refractivity contribution in [1.29, 1.82) is 0 Å². The maximum atomic E-state index is 15.1. The molecule has 16 heteroatoms. The van der Waals surface area contributed by atoms with E-state index in [9.17, 15) is 24.0 Å². The van der Waals surface area contributed by atoms with E-state index in [4.69, 9.17) is 9.72 Å². The number of piperazine rings is 2. The van der Waals surface area contributed by atoms with Gasteiger partial charge in [-0.1, -0.05) is 55.5 Å². The fourth-order valence-electron chi connectivity index (χ4n) is 10.5. The van der Waals surface area contributed by atoms with Crippen molar-refractivity contribution in [2.45, 2.75) is 71.4 Å². The zero-order valence-corrected chi connectivity index (χ0v) is 40.0. The number of piperidine rings is 2. The van der Waals surface area contributed by atoms with E-state index in [1.807, 2.05) is 35.2 Å². The Hall–Kier alpha value is -6.52. The van der Waals surface area contributed by atoms with Crippen LogP contribution in [-0.4, -0.2) is 147 Å². The second-order valence-electron chi connectivity index (χ2n) is 20.0. The van der Waals surface area contributed by atoms with Crippen LogP contribution in [0.2, 0.25) is 0 Å². The Morgan fingerprint density at radius 1 is 0.812 bits per heavy atom. The van der Waals surface area contributed by atoms with Gasteiger partial charge in [0.2, 0.25) is 5.91 Å². The van der Waals surface area contributed by atoms with Crippen LogP contribution in [0.4, 0.5) is 14.9 Å². The Morgan fingerprint density at radius 2 is 1.55 bits per heavy atom. The van der Waals surface area contributed by atoms with Gasteiger partial charge in [0.15, 0.2) is 5.69 Å². The number of amides is 4. The van der Waals surface area contributed by atoms with Gasteiger partial charge in [0.1, 0.15) is 11.4 Å². The summed E-state index contributed by atoms with van der Waals surface area (Å²) in [7, 11) is 0. The quantitative estimate of drug-likeness (QED) is 0.150. The number of rotatable bonds is 11. The average Bonchev–Trinajstić information content (AvgIpc) is 3.35. The summed E-state index contributed by atoms with van der Waals surface area (Å²) in [5.41, 5.74) is 3.78. The molecule has 4 aliphatic heterocycles. The molecule has 5 fully saturated rings. The summed E-state index contributed by atoms with van der Waals surface area (Å²) < 4.78 is 20.7. The molecule has 4 amide bonds. The second kappa shape index (κ2) is 20.2. The summed E-state index contributed by atoms with van der Waals surface area (Å²) in [4.78, 5) is 81.6. The number of ether oxygens (including phenoxy) is 1. The van der Waals surface area contributed by atoms with Crippen LogP contribution in [0.1, 0.15) is 84.6 Å². The summed E-state index contributed by atoms with van der Waals surface area (Å²) in [5, 5.41) is 10.8. The zero-order valence-electron chi connectivity index (χ0n) is 40.0. The smallest absolute Gasteiger partial charge is 0.412 e. The number of aromatic amines is 1. The van der Waals surface area contributed by atoms with Gasteiger partial charge < -0.3 is 24.3 Å². The molecule has 15 nitrogen and oxygen atoms in total. The van der Waals surface area contributed by atoms with Crippen molar-refractivity contribution < 1.29 is 28.3 Å². The summed E-state index contributed by atoms with van der Waals surface area (Å²) in [6, 6.07) is 21.7. The molecule has 3 unspecified atom stereocenters. The van der Waals surface area contributed by atoms with Crippen LogP contribution in [0.5, 0.6) is 0 Å². The zero-order chi connectivity index (χ0) is 48.4. The maximum absolute atomic E-state index is 15.1. The Bertz CT molecular complexity index is 2790. The molecule has 0 spiro atoms. The molecule has 69 heavy (non-hydrogen) atoms. The molecule has 1 aliphatic carbocycles.